The Morgan fingerprint density at radius 1 is 0.547 bits per heavy atom. The summed E-state index contributed by atoms with van der Waals surface area (Å²) in [5.74, 6) is -1.95. The number of oxime groups is 1. The highest BCUT2D eigenvalue weighted by Crippen LogP contribution is 2.27. The molecule has 27 heteroatoms. The molecule has 0 unspecified atom stereocenters. The van der Waals surface area contributed by atoms with Crippen LogP contribution in [0.5, 0.6) is 0 Å². The number of thiazole rings is 3. The number of methoxy groups -OCH3 is 4. The Kier molecular flexibility index (Phi) is 18.6. The number of fused-ring (bicyclic) bond motifs is 3. The van der Waals surface area contributed by atoms with E-state index in [9.17, 15) is 32.4 Å². The lowest BCUT2D eigenvalue weighted by atomic mass is 10.1. The molecule has 0 aliphatic carbocycles. The van der Waals surface area contributed by atoms with Crippen LogP contribution < -0.4 is 10.3 Å². The van der Waals surface area contributed by atoms with E-state index in [2.05, 4.69) is 74.5 Å². The van der Waals surface area contributed by atoms with Crippen LogP contribution in [0.15, 0.2) is 123 Å². The summed E-state index contributed by atoms with van der Waals surface area (Å²) in [6.07, 6.45) is 5.29. The smallest absolute Gasteiger partial charge is 0.464 e. The number of benzene rings is 3. The highest BCUT2D eigenvalue weighted by molar-refractivity contribution is 7.88. The zero-order chi connectivity index (χ0) is 52.9. The molecule has 6 heterocycles. The number of nitrogens with zero attached hydrogens (tertiary/aromatic N) is 6. The van der Waals surface area contributed by atoms with Crippen molar-refractivity contribution in [3.05, 3.63) is 156 Å². The van der Waals surface area contributed by atoms with Gasteiger partial charge < -0.3 is 33.9 Å². The molecule has 23 nitrogen and oxygen atoms in total. The fourth-order valence-electron chi connectivity index (χ4n) is 6.58. The molecule has 0 bridgehead atoms. The minimum absolute atomic E-state index is 0. The molecule has 75 heavy (non-hydrogen) atoms. The number of hydrogen-bond donors (Lipinski definition) is 5. The van der Waals surface area contributed by atoms with Gasteiger partial charge in [-0.15, -0.1) is 34.0 Å². The van der Waals surface area contributed by atoms with Crippen LogP contribution in [0.25, 0.3) is 32.7 Å². The van der Waals surface area contributed by atoms with Crippen molar-refractivity contribution in [3.8, 4) is 0 Å². The molecule has 0 radical (unpaired) electrons. The number of nitrogens with one attached hydrogen (secondary N) is 5. The zero-order valence-corrected chi connectivity index (χ0v) is 42.9. The molecule has 0 fully saturated rings. The summed E-state index contributed by atoms with van der Waals surface area (Å²) in [7, 11) is 1.47. The number of aromatic nitrogens is 6. The normalized spacial score (nSPS) is 11.6. The number of carbonyl (C=O) groups excluding carboxylic acids is 5. The molecule has 9 rings (SSSR count). The number of amides is 1. The summed E-state index contributed by atoms with van der Waals surface area (Å²) in [5, 5.41) is 20.7. The topological polar surface area (TPSA) is 313 Å². The maximum atomic E-state index is 11.6. The van der Waals surface area contributed by atoms with E-state index in [0.717, 1.165) is 44.5 Å². The van der Waals surface area contributed by atoms with Gasteiger partial charge >= 0.3 is 24.1 Å². The summed E-state index contributed by atoms with van der Waals surface area (Å²) < 4.78 is 41.3. The van der Waals surface area contributed by atoms with Gasteiger partial charge in [0.25, 0.3) is 0 Å². The first-order valence-corrected chi connectivity index (χ1v) is 25.7. The molecule has 0 saturated carbocycles. The minimum atomic E-state index is -3.55. The van der Waals surface area contributed by atoms with Crippen molar-refractivity contribution >= 4 is 124 Å². The Labute approximate surface area is 438 Å². The van der Waals surface area contributed by atoms with Crippen molar-refractivity contribution in [1.82, 2.24) is 40.2 Å². The SMILES string of the molecule is C.COC(=O)O/N=C(\c1nc(C(=O)OC)cs1)c1c[nH]c2ccccc12.COC(=O)c1csc(/C(=N\NC(C)=O)c2c[nH]c3ccccc23)n1.COC(=O)c1csc(/C(=N\NS(C)(=O)=O)c2c[nH]c3ccccc23)n1. The summed E-state index contributed by atoms with van der Waals surface area (Å²) >= 11 is 3.60. The molecule has 6 aromatic heterocycles. The number of hydrogen-bond acceptors (Lipinski definition) is 21. The van der Waals surface area contributed by atoms with Gasteiger partial charge in [0.15, 0.2) is 17.1 Å². The lowest BCUT2D eigenvalue weighted by Crippen LogP contribution is -2.19. The first-order chi connectivity index (χ1) is 35.6. The van der Waals surface area contributed by atoms with E-state index in [1.54, 1.807) is 29.4 Å². The van der Waals surface area contributed by atoms with Crippen LogP contribution >= 0.6 is 34.0 Å². The number of sulfonamides is 1. The summed E-state index contributed by atoms with van der Waals surface area (Å²) in [6.45, 7) is 1.37. The third-order valence-electron chi connectivity index (χ3n) is 9.86. The van der Waals surface area contributed by atoms with Crippen LogP contribution in [-0.2, 0) is 38.6 Å². The Morgan fingerprint density at radius 3 is 1.27 bits per heavy atom. The molecular formula is C48H45N11O12S4. The first kappa shape index (κ1) is 55.4. The quantitative estimate of drug-likeness (QED) is 0.0244. The Balaban J connectivity index is 0.000000182. The average Bonchev–Trinajstić information content (AvgIpc) is 4.29. The number of hydrazone groups is 2. The van der Waals surface area contributed by atoms with Crippen molar-refractivity contribution in [2.45, 2.75) is 14.4 Å². The molecule has 0 spiro atoms. The number of esters is 3. The van der Waals surface area contributed by atoms with Gasteiger partial charge in [-0.25, -0.2) is 52.8 Å². The van der Waals surface area contributed by atoms with Gasteiger partial charge in [-0.05, 0) is 18.2 Å². The number of H-pyrrole nitrogens is 3. The van der Waals surface area contributed by atoms with E-state index >= 15 is 0 Å². The molecule has 0 aliphatic heterocycles. The zero-order valence-electron chi connectivity index (χ0n) is 39.6. The van der Waals surface area contributed by atoms with E-state index < -0.39 is 34.1 Å². The number of ether oxygens (including phenoxy) is 4. The summed E-state index contributed by atoms with van der Waals surface area (Å²) in [4.78, 5) is 86.4. The highest BCUT2D eigenvalue weighted by atomic mass is 32.2. The maximum absolute atomic E-state index is 11.6. The van der Waals surface area contributed by atoms with Gasteiger partial charge in [0.05, 0.1) is 34.7 Å². The van der Waals surface area contributed by atoms with Crippen LogP contribution in [-0.4, -0.2) is 120 Å². The number of rotatable bonds is 13. The molecule has 0 aliphatic rings. The average molecular weight is 1100 g/mol. The van der Waals surface area contributed by atoms with Gasteiger partial charge in [-0.3, -0.25) is 9.63 Å². The Bertz CT molecular complexity index is 3730. The number of aromatic amines is 3. The standard InChI is InChI=1S/C16H14N4O3S.C16H13N3O5S.C15H14N4O4S2.CH4/c1-9(21)19-20-14(15-18-13(8-24-15)16(22)23-2)11-7-17-12-6-4-3-5-10(11)12;1-22-15(20)12-8-25-14(18-12)13(19-24-16(21)23-2)10-7-17-11-6-4-3-5-9(10)11;1-23-15(20)12-8-24-14(17-12)13(18-19-25(2,21)22)10-7-16-11-6-4-3-5-9(10)11;/h3-8,17H,1-2H3,(H,19,21);3-8,17H,1-2H3;3-8,16,19H,1-2H3;1H4/b20-14-;19-13-;18-13-;. The third-order valence-corrected chi connectivity index (χ3v) is 12.8. The lowest BCUT2D eigenvalue weighted by molar-refractivity contribution is -0.118. The van der Waals surface area contributed by atoms with Crippen molar-refractivity contribution in [2.75, 3.05) is 34.7 Å². The molecule has 5 N–H and O–H groups in total. The van der Waals surface area contributed by atoms with Crippen LogP contribution in [0, 0.1) is 0 Å². The second-order valence-corrected chi connectivity index (χ2v) is 19.1. The van der Waals surface area contributed by atoms with Crippen LogP contribution in [0.4, 0.5) is 4.79 Å². The van der Waals surface area contributed by atoms with Crippen LogP contribution in [0.1, 0.15) is 77.5 Å². The Hall–Kier alpha value is -8.92. The molecule has 0 atom stereocenters. The molecule has 3 aromatic carbocycles. The lowest BCUT2D eigenvalue weighted by Gasteiger charge is -2.03. The fraction of sp³-hybridized carbons (Fsp3) is 0.146. The second kappa shape index (κ2) is 25.2. The fourth-order valence-corrected chi connectivity index (χ4v) is 9.20. The van der Waals surface area contributed by atoms with Gasteiger partial charge in [-0.1, -0.05) is 67.2 Å². The number of para-hydroxylation sites is 3. The highest BCUT2D eigenvalue weighted by Gasteiger charge is 2.23. The molecular weight excluding hydrogens is 1050 g/mol. The van der Waals surface area contributed by atoms with E-state index in [0.29, 0.717) is 43.3 Å². The molecule has 9 aromatic rings. The van der Waals surface area contributed by atoms with E-state index in [-0.39, 0.29) is 30.4 Å². The van der Waals surface area contributed by atoms with E-state index in [1.165, 1.54) is 74.8 Å². The molecule has 388 valence electrons. The molecule has 1 amide bonds. The van der Waals surface area contributed by atoms with Crippen molar-refractivity contribution < 1.29 is 56.2 Å². The summed E-state index contributed by atoms with van der Waals surface area (Å²) in [5.41, 5.74) is 8.80. The Morgan fingerprint density at radius 2 is 0.907 bits per heavy atom. The predicted molar refractivity (Wildman–Crippen MR) is 284 cm³/mol. The monoisotopic (exact) mass is 1100 g/mol. The minimum Gasteiger partial charge on any atom is -0.464 e. The first-order valence-electron chi connectivity index (χ1n) is 21.2. The van der Waals surface area contributed by atoms with Crippen LogP contribution in [0.3, 0.4) is 0 Å². The van der Waals surface area contributed by atoms with E-state index in [4.69, 9.17) is 4.84 Å². The van der Waals surface area contributed by atoms with Crippen molar-refractivity contribution in [1.29, 1.82) is 0 Å². The van der Waals surface area contributed by atoms with Gasteiger partial charge in [0, 0.05) is 91.1 Å². The maximum Gasteiger partial charge on any atom is 0.534 e. The third kappa shape index (κ3) is 13.6. The summed E-state index contributed by atoms with van der Waals surface area (Å²) in [6, 6.07) is 22.8. The number of carbonyl (C=O) groups is 5. The van der Waals surface area contributed by atoms with Crippen LogP contribution in [0.2, 0.25) is 0 Å². The van der Waals surface area contributed by atoms with Gasteiger partial charge in [-0.2, -0.15) is 10.2 Å². The molecule has 0 saturated heterocycles. The van der Waals surface area contributed by atoms with E-state index in [1.807, 2.05) is 72.8 Å². The van der Waals surface area contributed by atoms with Gasteiger partial charge in [0.2, 0.25) is 15.9 Å². The van der Waals surface area contributed by atoms with Crippen molar-refractivity contribution in [2.24, 2.45) is 15.4 Å². The predicted octanol–water partition coefficient (Wildman–Crippen LogP) is 7.59. The largest absolute Gasteiger partial charge is 0.534 e. The van der Waals surface area contributed by atoms with Gasteiger partial charge in [0.1, 0.15) is 32.2 Å². The van der Waals surface area contributed by atoms with Crippen molar-refractivity contribution in [3.63, 3.8) is 0 Å². The second-order valence-electron chi connectivity index (χ2n) is 14.8.